The maximum absolute atomic E-state index is 11.3. The molecule has 0 aliphatic heterocycles. The van der Waals surface area contributed by atoms with E-state index in [4.69, 9.17) is 5.11 Å². The van der Waals surface area contributed by atoms with Crippen LogP contribution in [-0.2, 0) is 0 Å². The minimum atomic E-state index is -4.53. The standard InChI is InChI=1S/C3H4F4O/c4-1-2(5)3(6,7)8/h2,8H,1H2. The van der Waals surface area contributed by atoms with Crippen LogP contribution in [0.1, 0.15) is 0 Å². The minimum Gasteiger partial charge on any atom is -0.334 e. The topological polar surface area (TPSA) is 20.2 Å². The van der Waals surface area contributed by atoms with Gasteiger partial charge < -0.3 is 5.11 Å². The van der Waals surface area contributed by atoms with Crippen molar-refractivity contribution in [3.8, 4) is 0 Å². The first-order valence-electron chi connectivity index (χ1n) is 1.78. The maximum Gasteiger partial charge on any atom is 0.387 e. The van der Waals surface area contributed by atoms with Gasteiger partial charge in [-0.1, -0.05) is 0 Å². The molecule has 0 aromatic heterocycles. The van der Waals surface area contributed by atoms with E-state index in [0.29, 0.717) is 0 Å². The fourth-order valence-corrected chi connectivity index (χ4v) is 0.0928. The monoisotopic (exact) mass is 132 g/mol. The van der Waals surface area contributed by atoms with Crippen LogP contribution in [0.2, 0.25) is 0 Å². The van der Waals surface area contributed by atoms with Crippen LogP contribution in [0.4, 0.5) is 17.6 Å². The highest BCUT2D eigenvalue weighted by Crippen LogP contribution is 2.17. The smallest absolute Gasteiger partial charge is 0.334 e. The van der Waals surface area contributed by atoms with Gasteiger partial charge in [-0.15, -0.1) is 0 Å². The summed E-state index contributed by atoms with van der Waals surface area (Å²) in [5.41, 5.74) is 0. The molecule has 0 saturated heterocycles. The van der Waals surface area contributed by atoms with Gasteiger partial charge in [-0.2, -0.15) is 8.78 Å². The van der Waals surface area contributed by atoms with Gasteiger partial charge in [0, 0.05) is 0 Å². The Kier molecular flexibility index (Phi) is 2.21. The van der Waals surface area contributed by atoms with E-state index in [1.54, 1.807) is 0 Å². The van der Waals surface area contributed by atoms with E-state index in [1.165, 1.54) is 0 Å². The first-order valence-corrected chi connectivity index (χ1v) is 1.78. The van der Waals surface area contributed by atoms with Crippen molar-refractivity contribution in [2.75, 3.05) is 6.67 Å². The fraction of sp³-hybridized carbons (Fsp3) is 1.00. The lowest BCUT2D eigenvalue weighted by Crippen LogP contribution is -2.30. The van der Waals surface area contributed by atoms with Gasteiger partial charge in [-0.25, -0.2) is 8.78 Å². The molecule has 0 saturated carbocycles. The zero-order valence-corrected chi connectivity index (χ0v) is 3.74. The van der Waals surface area contributed by atoms with E-state index in [-0.39, 0.29) is 0 Å². The summed E-state index contributed by atoms with van der Waals surface area (Å²) in [4.78, 5) is 0. The van der Waals surface area contributed by atoms with Crippen molar-refractivity contribution in [1.82, 2.24) is 0 Å². The van der Waals surface area contributed by atoms with Crippen molar-refractivity contribution in [3.05, 3.63) is 0 Å². The molecule has 0 radical (unpaired) electrons. The number of halogens is 4. The van der Waals surface area contributed by atoms with Crippen LogP contribution < -0.4 is 0 Å². The van der Waals surface area contributed by atoms with Crippen molar-refractivity contribution < 1.29 is 22.7 Å². The van der Waals surface area contributed by atoms with Crippen LogP contribution in [0.3, 0.4) is 0 Å². The number of aliphatic hydroxyl groups is 1. The van der Waals surface area contributed by atoms with Gasteiger partial charge in [0.05, 0.1) is 0 Å². The van der Waals surface area contributed by atoms with Gasteiger partial charge in [0.15, 0.2) is 0 Å². The van der Waals surface area contributed by atoms with Gasteiger partial charge in [-0.3, -0.25) is 0 Å². The fourth-order valence-electron chi connectivity index (χ4n) is 0.0928. The van der Waals surface area contributed by atoms with Crippen molar-refractivity contribution in [3.63, 3.8) is 0 Å². The van der Waals surface area contributed by atoms with E-state index in [9.17, 15) is 17.6 Å². The SMILES string of the molecule is OC(F)(F)C(F)CF. The Labute approximate surface area is 42.9 Å². The van der Waals surface area contributed by atoms with E-state index in [2.05, 4.69) is 0 Å². The summed E-state index contributed by atoms with van der Waals surface area (Å²) >= 11 is 0. The Hall–Kier alpha value is -0.320. The molecule has 1 N–H and O–H groups in total. The third-order valence-electron chi connectivity index (χ3n) is 0.512. The first-order chi connectivity index (χ1) is 3.48. The van der Waals surface area contributed by atoms with Gasteiger partial charge in [0.2, 0.25) is 6.17 Å². The van der Waals surface area contributed by atoms with Crippen LogP contribution in [0, 0.1) is 0 Å². The van der Waals surface area contributed by atoms with E-state index in [0.717, 1.165) is 0 Å². The first kappa shape index (κ1) is 7.68. The summed E-state index contributed by atoms with van der Waals surface area (Å²) in [6.07, 6.45) is -7.63. The normalized spacial score (nSPS) is 16.1. The average molecular weight is 132 g/mol. The molecule has 0 bridgehead atoms. The van der Waals surface area contributed by atoms with Crippen molar-refractivity contribution >= 4 is 0 Å². The van der Waals surface area contributed by atoms with Crippen molar-refractivity contribution in [1.29, 1.82) is 0 Å². The molecule has 8 heavy (non-hydrogen) atoms. The molecule has 0 fully saturated rings. The summed E-state index contributed by atoms with van der Waals surface area (Å²) in [5.74, 6) is 0. The minimum absolute atomic E-state index is 1.87. The second-order valence-corrected chi connectivity index (χ2v) is 1.21. The lowest BCUT2D eigenvalue weighted by atomic mass is 10.4. The Bertz CT molecular complexity index is 68.2. The Balaban J connectivity index is 3.62. The molecule has 50 valence electrons. The molecule has 0 amide bonds. The van der Waals surface area contributed by atoms with Crippen LogP contribution in [-0.4, -0.2) is 24.1 Å². The van der Waals surface area contributed by atoms with Crippen LogP contribution in [0.15, 0.2) is 0 Å². The summed E-state index contributed by atoms with van der Waals surface area (Å²) in [6, 6.07) is 0. The quantitative estimate of drug-likeness (QED) is 0.553. The lowest BCUT2D eigenvalue weighted by molar-refractivity contribution is -0.242. The molecule has 0 heterocycles. The van der Waals surface area contributed by atoms with Gasteiger partial charge in [-0.05, 0) is 0 Å². The Morgan fingerprint density at radius 2 is 1.88 bits per heavy atom. The van der Waals surface area contributed by atoms with Gasteiger partial charge in [0.25, 0.3) is 0 Å². The second-order valence-electron chi connectivity index (χ2n) is 1.21. The van der Waals surface area contributed by atoms with E-state index in [1.807, 2.05) is 0 Å². The molecule has 0 aromatic carbocycles. The molecule has 1 unspecified atom stereocenters. The highest BCUT2D eigenvalue weighted by atomic mass is 19.3. The van der Waals surface area contributed by atoms with Crippen LogP contribution in [0.5, 0.6) is 0 Å². The third-order valence-corrected chi connectivity index (χ3v) is 0.512. The lowest BCUT2D eigenvalue weighted by Gasteiger charge is -2.09. The molecular formula is C3H4F4O. The van der Waals surface area contributed by atoms with Gasteiger partial charge >= 0.3 is 6.11 Å². The molecule has 5 heteroatoms. The summed E-state index contributed by atoms with van der Waals surface area (Å²) in [6.45, 7) is -1.87. The zero-order valence-electron chi connectivity index (χ0n) is 3.74. The molecular weight excluding hydrogens is 128 g/mol. The number of alkyl halides is 4. The van der Waals surface area contributed by atoms with Crippen molar-refractivity contribution in [2.45, 2.75) is 12.3 Å². The predicted molar refractivity (Wildman–Crippen MR) is 18.0 cm³/mol. The average Bonchev–Trinajstić information content (AvgIpc) is 1.62. The molecule has 0 aromatic rings. The molecule has 0 rings (SSSR count). The maximum atomic E-state index is 11.3. The predicted octanol–water partition coefficient (Wildman–Crippen LogP) is 0.879. The van der Waals surface area contributed by atoms with Crippen LogP contribution in [0.25, 0.3) is 0 Å². The number of hydrogen-bond donors (Lipinski definition) is 1. The Morgan fingerprint density at radius 3 is 1.88 bits per heavy atom. The second kappa shape index (κ2) is 2.30. The molecule has 1 nitrogen and oxygen atoms in total. The molecule has 0 aliphatic rings. The number of rotatable bonds is 2. The summed E-state index contributed by atoms with van der Waals surface area (Å²) < 4.78 is 44.2. The molecule has 0 aliphatic carbocycles. The summed E-state index contributed by atoms with van der Waals surface area (Å²) in [7, 11) is 0. The third kappa shape index (κ3) is 2.11. The summed E-state index contributed by atoms with van der Waals surface area (Å²) in [5, 5.41) is 7.34. The highest BCUT2D eigenvalue weighted by molar-refractivity contribution is 4.61. The van der Waals surface area contributed by atoms with E-state index < -0.39 is 19.0 Å². The highest BCUT2D eigenvalue weighted by Gasteiger charge is 2.37. The van der Waals surface area contributed by atoms with Crippen molar-refractivity contribution in [2.24, 2.45) is 0 Å². The molecule has 0 spiro atoms. The molecule has 1 atom stereocenters. The zero-order chi connectivity index (χ0) is 6.78. The number of hydrogen-bond acceptors (Lipinski definition) is 1. The Morgan fingerprint density at radius 1 is 1.50 bits per heavy atom. The van der Waals surface area contributed by atoms with E-state index >= 15 is 0 Å². The largest absolute Gasteiger partial charge is 0.387 e. The van der Waals surface area contributed by atoms with Crippen LogP contribution >= 0.6 is 0 Å². The van der Waals surface area contributed by atoms with Gasteiger partial charge in [0.1, 0.15) is 6.67 Å².